The lowest BCUT2D eigenvalue weighted by atomic mass is 9.99. The monoisotopic (exact) mass is 555 g/mol. The van der Waals surface area contributed by atoms with Crippen molar-refractivity contribution < 1.29 is 28.0 Å². The van der Waals surface area contributed by atoms with Gasteiger partial charge in [0.15, 0.2) is 17.9 Å². The number of likely N-dealkylation sites (tertiary alicyclic amines) is 1. The number of hydrazine groups is 1. The van der Waals surface area contributed by atoms with Gasteiger partial charge in [-0.1, -0.05) is 25.7 Å². The minimum absolute atomic E-state index is 0.115. The minimum Gasteiger partial charge on any atom is -0.494 e. The zero-order chi connectivity index (χ0) is 27.3. The van der Waals surface area contributed by atoms with Crippen molar-refractivity contribution >= 4 is 25.3 Å². The molecule has 0 bridgehead atoms. The van der Waals surface area contributed by atoms with Gasteiger partial charge in [0, 0.05) is 36.8 Å². The second kappa shape index (κ2) is 12.8. The molecule has 3 aliphatic rings. The SMILES string of the molecule is COc1ccc(NC2=NC(C3CCCCCC3)=NC(N(C)C3CCN(COP(=O)(O)O)CC3)N2N)cc1F. The highest BCUT2D eigenvalue weighted by atomic mass is 31.2. The Kier molecular flexibility index (Phi) is 9.74. The standard InChI is InChI=1S/C24H39FN7O5P/c1-30(19-11-13-31(14-12-19)16-37-38(33,34)35)24-29-22(17-7-5-3-4-6-8-17)28-23(32(24)26)27-18-9-10-21(36-2)20(25)15-18/h9-10,15,17,19,24H,3-8,11-14,16,26H2,1-2H3,(H,27,28,29)(H2,33,34,35). The van der Waals surface area contributed by atoms with Crippen LogP contribution in [-0.2, 0) is 9.09 Å². The van der Waals surface area contributed by atoms with E-state index in [9.17, 15) is 8.96 Å². The van der Waals surface area contributed by atoms with Gasteiger partial charge in [0.2, 0.25) is 5.96 Å². The quantitative estimate of drug-likeness (QED) is 0.214. The third kappa shape index (κ3) is 7.50. The Bertz CT molecular complexity index is 1050. The van der Waals surface area contributed by atoms with Crippen molar-refractivity contribution in [2.75, 3.05) is 39.3 Å². The van der Waals surface area contributed by atoms with E-state index in [2.05, 4.69) is 14.7 Å². The van der Waals surface area contributed by atoms with E-state index in [4.69, 9.17) is 30.4 Å². The smallest absolute Gasteiger partial charge is 0.470 e. The number of methoxy groups -OCH3 is 1. The summed E-state index contributed by atoms with van der Waals surface area (Å²) in [6.07, 6.45) is 7.71. The molecule has 38 heavy (non-hydrogen) atoms. The highest BCUT2D eigenvalue weighted by molar-refractivity contribution is 7.46. The molecular formula is C24H39FN7O5P. The first-order valence-electron chi connectivity index (χ1n) is 13.1. The Morgan fingerprint density at radius 1 is 1.18 bits per heavy atom. The molecule has 5 N–H and O–H groups in total. The lowest BCUT2D eigenvalue weighted by Gasteiger charge is -2.43. The van der Waals surface area contributed by atoms with E-state index >= 15 is 0 Å². The number of hydrogen-bond donors (Lipinski definition) is 4. The predicted octanol–water partition coefficient (Wildman–Crippen LogP) is 2.91. The third-order valence-electron chi connectivity index (χ3n) is 7.50. The van der Waals surface area contributed by atoms with Crippen LogP contribution in [0.4, 0.5) is 10.1 Å². The summed E-state index contributed by atoms with van der Waals surface area (Å²) >= 11 is 0. The van der Waals surface area contributed by atoms with Crippen LogP contribution < -0.4 is 15.9 Å². The van der Waals surface area contributed by atoms with Gasteiger partial charge in [-0.3, -0.25) is 14.3 Å². The van der Waals surface area contributed by atoms with Crippen molar-refractivity contribution in [3.63, 3.8) is 0 Å². The molecule has 0 amide bonds. The second-order valence-corrected chi connectivity index (χ2v) is 11.3. The van der Waals surface area contributed by atoms with Crippen LogP contribution in [0.1, 0.15) is 51.4 Å². The van der Waals surface area contributed by atoms with Crippen LogP contribution in [0, 0.1) is 11.7 Å². The summed E-state index contributed by atoms with van der Waals surface area (Å²) in [5.41, 5.74) is 0.499. The van der Waals surface area contributed by atoms with Crippen molar-refractivity contribution in [1.29, 1.82) is 0 Å². The van der Waals surface area contributed by atoms with E-state index < -0.39 is 19.9 Å². The first kappa shape index (κ1) is 28.9. The van der Waals surface area contributed by atoms with Crippen LogP contribution >= 0.6 is 7.82 Å². The molecule has 212 valence electrons. The number of guanidine groups is 1. The third-order valence-corrected chi connectivity index (χ3v) is 7.95. The molecule has 0 aromatic heterocycles. The number of amidine groups is 1. The zero-order valence-electron chi connectivity index (χ0n) is 22.0. The molecule has 1 atom stereocenters. The van der Waals surface area contributed by atoms with Gasteiger partial charge in [-0.15, -0.1) is 0 Å². The Morgan fingerprint density at radius 3 is 2.47 bits per heavy atom. The Hall–Kier alpha value is -2.12. The van der Waals surface area contributed by atoms with Crippen molar-refractivity contribution in [2.45, 2.75) is 63.7 Å². The molecule has 1 saturated heterocycles. The topological polar surface area (TPSA) is 148 Å². The number of halogens is 1. The maximum absolute atomic E-state index is 14.4. The molecule has 12 nitrogen and oxygen atoms in total. The van der Waals surface area contributed by atoms with E-state index in [0.717, 1.165) is 44.4 Å². The van der Waals surface area contributed by atoms with Crippen LogP contribution in [0.25, 0.3) is 0 Å². The number of rotatable bonds is 8. The van der Waals surface area contributed by atoms with Gasteiger partial charge in [-0.25, -0.2) is 24.8 Å². The molecule has 0 spiro atoms. The average Bonchev–Trinajstić information content (AvgIpc) is 3.18. The fourth-order valence-electron chi connectivity index (χ4n) is 5.27. The van der Waals surface area contributed by atoms with Gasteiger partial charge in [0.1, 0.15) is 12.6 Å². The maximum atomic E-state index is 14.4. The fraction of sp³-hybridized carbons (Fsp3) is 0.667. The van der Waals surface area contributed by atoms with Crippen molar-refractivity contribution in [2.24, 2.45) is 21.7 Å². The molecule has 1 aromatic carbocycles. The molecule has 0 radical (unpaired) electrons. The van der Waals surface area contributed by atoms with E-state index in [1.807, 2.05) is 11.9 Å². The van der Waals surface area contributed by atoms with Crippen molar-refractivity contribution in [3.8, 4) is 5.75 Å². The van der Waals surface area contributed by atoms with E-state index in [1.165, 1.54) is 31.0 Å². The first-order chi connectivity index (χ1) is 18.1. The average molecular weight is 556 g/mol. The van der Waals surface area contributed by atoms with Crippen molar-refractivity contribution in [3.05, 3.63) is 24.0 Å². The summed E-state index contributed by atoms with van der Waals surface area (Å²) in [7, 11) is -1.11. The second-order valence-electron chi connectivity index (χ2n) is 10.1. The molecular weight excluding hydrogens is 516 g/mol. The number of phosphoric ester groups is 1. The van der Waals surface area contributed by atoms with Crippen LogP contribution in [0.15, 0.2) is 28.2 Å². The number of ether oxygens (including phenoxy) is 1. The summed E-state index contributed by atoms with van der Waals surface area (Å²) in [6.45, 7) is 1.13. The summed E-state index contributed by atoms with van der Waals surface area (Å²) in [5.74, 6) is 7.63. The Morgan fingerprint density at radius 2 is 1.87 bits per heavy atom. The van der Waals surface area contributed by atoms with E-state index in [1.54, 1.807) is 12.1 Å². The number of aliphatic imine (C=N–C) groups is 2. The number of benzene rings is 1. The van der Waals surface area contributed by atoms with Crippen LogP contribution in [0.3, 0.4) is 0 Å². The van der Waals surface area contributed by atoms with E-state index in [0.29, 0.717) is 24.7 Å². The van der Waals surface area contributed by atoms with Gasteiger partial charge in [0.25, 0.3) is 0 Å². The Balaban J connectivity index is 1.51. The lowest BCUT2D eigenvalue weighted by molar-refractivity contribution is 0.0193. The number of anilines is 1. The van der Waals surface area contributed by atoms with Gasteiger partial charge in [-0.2, -0.15) is 4.99 Å². The molecule has 1 aromatic rings. The first-order valence-corrected chi connectivity index (χ1v) is 14.6. The number of nitrogens with two attached hydrogens (primary N) is 1. The molecule has 2 aliphatic heterocycles. The number of phosphoric acid groups is 1. The summed E-state index contributed by atoms with van der Waals surface area (Å²) in [4.78, 5) is 31.8. The Labute approximate surface area is 222 Å². The number of nitrogens with zero attached hydrogens (tertiary/aromatic N) is 5. The summed E-state index contributed by atoms with van der Waals surface area (Å²) in [6, 6.07) is 4.74. The summed E-state index contributed by atoms with van der Waals surface area (Å²) < 4.78 is 35.1. The lowest BCUT2D eigenvalue weighted by Crippen LogP contribution is -2.60. The predicted molar refractivity (Wildman–Crippen MR) is 143 cm³/mol. The maximum Gasteiger partial charge on any atom is 0.470 e. The molecule has 2 heterocycles. The van der Waals surface area contributed by atoms with Gasteiger partial charge in [-0.05, 0) is 44.9 Å². The minimum atomic E-state index is -4.51. The molecule has 2 fully saturated rings. The normalized spacial score (nSPS) is 22.7. The summed E-state index contributed by atoms with van der Waals surface area (Å²) in [5, 5.41) is 4.66. The van der Waals surface area contributed by atoms with Crippen molar-refractivity contribution in [1.82, 2.24) is 14.8 Å². The molecule has 1 saturated carbocycles. The largest absolute Gasteiger partial charge is 0.494 e. The molecule has 1 unspecified atom stereocenters. The zero-order valence-corrected chi connectivity index (χ0v) is 22.9. The highest BCUT2D eigenvalue weighted by Crippen LogP contribution is 2.36. The van der Waals surface area contributed by atoms with Crippen LogP contribution in [-0.4, -0.2) is 82.7 Å². The highest BCUT2D eigenvalue weighted by Gasteiger charge is 2.35. The van der Waals surface area contributed by atoms with Gasteiger partial charge >= 0.3 is 7.82 Å². The van der Waals surface area contributed by atoms with Gasteiger partial charge < -0.3 is 19.8 Å². The van der Waals surface area contributed by atoms with Crippen LogP contribution in [0.5, 0.6) is 5.75 Å². The van der Waals surface area contributed by atoms with Gasteiger partial charge in [0.05, 0.1) is 7.11 Å². The fourth-order valence-corrected chi connectivity index (χ4v) is 5.59. The number of piperidine rings is 1. The molecule has 14 heteroatoms. The molecule has 1 aliphatic carbocycles. The van der Waals surface area contributed by atoms with Crippen LogP contribution in [0.2, 0.25) is 0 Å². The number of nitrogens with one attached hydrogen (secondary N) is 1. The molecule has 4 rings (SSSR count). The van der Waals surface area contributed by atoms with E-state index in [-0.39, 0.29) is 24.4 Å². The number of hydrogen-bond acceptors (Lipinski definition) is 10.